The predicted octanol–water partition coefficient (Wildman–Crippen LogP) is 3.54. The second kappa shape index (κ2) is 7.31. The van der Waals surface area contributed by atoms with Gasteiger partial charge in [-0.3, -0.25) is 4.79 Å². The van der Waals surface area contributed by atoms with Gasteiger partial charge in [0.15, 0.2) is 5.82 Å². The standard InChI is InChI=1S/C15H12ClF3N6OS/c1-7-3-8(2)25-13(21-7)23-14(24-25)27-6-11(26)22-12-10(16)4-9(5-20-12)15(17,18)19/h3-5H,6H2,1-2H3,(H,20,22,26). The van der Waals surface area contributed by atoms with Gasteiger partial charge in [-0.25, -0.2) is 14.5 Å². The number of alkyl halides is 3. The molecule has 3 rings (SSSR count). The van der Waals surface area contributed by atoms with Crippen LogP contribution in [0.3, 0.4) is 0 Å². The summed E-state index contributed by atoms with van der Waals surface area (Å²) < 4.78 is 39.4. The molecule has 0 saturated carbocycles. The van der Waals surface area contributed by atoms with Gasteiger partial charge in [0.25, 0.3) is 5.78 Å². The van der Waals surface area contributed by atoms with E-state index in [2.05, 4.69) is 25.4 Å². The van der Waals surface area contributed by atoms with Gasteiger partial charge in [-0.15, -0.1) is 5.10 Å². The van der Waals surface area contributed by atoms with E-state index in [1.807, 2.05) is 19.9 Å². The van der Waals surface area contributed by atoms with Gasteiger partial charge in [0.05, 0.1) is 16.3 Å². The van der Waals surface area contributed by atoms with Gasteiger partial charge < -0.3 is 5.32 Å². The Morgan fingerprint density at radius 1 is 1.30 bits per heavy atom. The number of rotatable bonds is 4. The van der Waals surface area contributed by atoms with Crippen molar-refractivity contribution in [2.24, 2.45) is 0 Å². The molecule has 0 aliphatic rings. The minimum absolute atomic E-state index is 0.0755. The molecule has 0 spiro atoms. The molecule has 0 aromatic carbocycles. The van der Waals surface area contributed by atoms with Gasteiger partial charge in [-0.05, 0) is 26.0 Å². The lowest BCUT2D eigenvalue weighted by atomic mass is 10.3. The van der Waals surface area contributed by atoms with Crippen LogP contribution in [0.15, 0.2) is 23.5 Å². The summed E-state index contributed by atoms with van der Waals surface area (Å²) in [4.78, 5) is 24.1. The zero-order valence-electron chi connectivity index (χ0n) is 14.0. The van der Waals surface area contributed by atoms with Crippen LogP contribution in [0.1, 0.15) is 17.0 Å². The van der Waals surface area contributed by atoms with E-state index in [1.54, 1.807) is 4.52 Å². The highest BCUT2D eigenvalue weighted by molar-refractivity contribution is 7.99. The molecule has 1 N–H and O–H groups in total. The highest BCUT2D eigenvalue weighted by atomic mass is 35.5. The first-order chi connectivity index (χ1) is 12.6. The molecule has 1 amide bonds. The zero-order chi connectivity index (χ0) is 19.8. The van der Waals surface area contributed by atoms with Crippen molar-refractivity contribution in [2.75, 3.05) is 11.1 Å². The highest BCUT2D eigenvalue weighted by Gasteiger charge is 2.31. The minimum Gasteiger partial charge on any atom is -0.309 e. The summed E-state index contributed by atoms with van der Waals surface area (Å²) in [5, 5.41) is 6.66. The van der Waals surface area contributed by atoms with E-state index < -0.39 is 17.6 Å². The van der Waals surface area contributed by atoms with E-state index >= 15 is 0 Å². The molecule has 142 valence electrons. The number of aryl methyl sites for hydroxylation is 2. The summed E-state index contributed by atoms with van der Waals surface area (Å²) >= 11 is 6.82. The number of carbonyl (C=O) groups is 1. The lowest BCUT2D eigenvalue weighted by Crippen LogP contribution is -2.16. The summed E-state index contributed by atoms with van der Waals surface area (Å²) in [5.41, 5.74) is 0.652. The first-order valence-electron chi connectivity index (χ1n) is 7.50. The van der Waals surface area contributed by atoms with Crippen LogP contribution >= 0.6 is 23.4 Å². The molecule has 0 fully saturated rings. The molecule has 0 unspecified atom stereocenters. The molecule has 0 aliphatic carbocycles. The fraction of sp³-hybridized carbons (Fsp3) is 0.267. The van der Waals surface area contributed by atoms with E-state index in [0.29, 0.717) is 23.2 Å². The van der Waals surface area contributed by atoms with Crippen molar-refractivity contribution in [1.82, 2.24) is 24.6 Å². The van der Waals surface area contributed by atoms with E-state index in [1.165, 1.54) is 0 Å². The summed E-state index contributed by atoms with van der Waals surface area (Å²) in [5.74, 6) is -0.309. The number of hydrogen-bond donors (Lipinski definition) is 1. The van der Waals surface area contributed by atoms with Crippen LogP contribution in [0.2, 0.25) is 5.02 Å². The Kier molecular flexibility index (Phi) is 5.24. The molecular weight excluding hydrogens is 405 g/mol. The number of nitrogens with one attached hydrogen (secondary N) is 1. The van der Waals surface area contributed by atoms with Crippen LogP contribution in [0.4, 0.5) is 19.0 Å². The Morgan fingerprint density at radius 3 is 2.70 bits per heavy atom. The highest BCUT2D eigenvalue weighted by Crippen LogP contribution is 2.32. The van der Waals surface area contributed by atoms with Crippen LogP contribution in [0.5, 0.6) is 0 Å². The zero-order valence-corrected chi connectivity index (χ0v) is 15.6. The number of carbonyl (C=O) groups excluding carboxylic acids is 1. The van der Waals surface area contributed by atoms with Gasteiger partial charge in [-0.1, -0.05) is 23.4 Å². The average Bonchev–Trinajstić information content (AvgIpc) is 2.97. The summed E-state index contributed by atoms with van der Waals surface area (Å²) in [6, 6.07) is 2.55. The van der Waals surface area contributed by atoms with Crippen molar-refractivity contribution >= 4 is 40.9 Å². The number of anilines is 1. The Morgan fingerprint density at radius 2 is 2.04 bits per heavy atom. The molecule has 3 aromatic rings. The number of pyridine rings is 1. The second-order valence-electron chi connectivity index (χ2n) is 5.53. The second-order valence-corrected chi connectivity index (χ2v) is 6.88. The van der Waals surface area contributed by atoms with Crippen molar-refractivity contribution in [1.29, 1.82) is 0 Å². The normalized spacial score (nSPS) is 11.8. The van der Waals surface area contributed by atoms with Crippen molar-refractivity contribution in [2.45, 2.75) is 25.2 Å². The molecule has 12 heteroatoms. The maximum atomic E-state index is 12.6. The average molecular weight is 417 g/mol. The number of aromatic nitrogens is 5. The number of nitrogens with zero attached hydrogens (tertiary/aromatic N) is 5. The maximum absolute atomic E-state index is 12.6. The Hall–Kier alpha value is -2.40. The van der Waals surface area contributed by atoms with Crippen LogP contribution in [0, 0.1) is 13.8 Å². The van der Waals surface area contributed by atoms with Gasteiger partial charge in [0.1, 0.15) is 0 Å². The van der Waals surface area contributed by atoms with E-state index in [-0.39, 0.29) is 16.6 Å². The lowest BCUT2D eigenvalue weighted by Gasteiger charge is -2.09. The van der Waals surface area contributed by atoms with Crippen molar-refractivity contribution < 1.29 is 18.0 Å². The molecule has 0 saturated heterocycles. The van der Waals surface area contributed by atoms with Crippen LogP contribution in [0.25, 0.3) is 5.78 Å². The Labute approximate surface area is 160 Å². The number of halogens is 4. The third-order valence-corrected chi connectivity index (χ3v) is 4.48. The summed E-state index contributed by atoms with van der Waals surface area (Å²) in [6.45, 7) is 3.69. The summed E-state index contributed by atoms with van der Waals surface area (Å²) in [7, 11) is 0. The predicted molar refractivity (Wildman–Crippen MR) is 93.9 cm³/mol. The topological polar surface area (TPSA) is 85.1 Å². The molecule has 0 bridgehead atoms. The molecule has 3 aromatic heterocycles. The third kappa shape index (κ3) is 4.48. The first-order valence-corrected chi connectivity index (χ1v) is 8.86. The van der Waals surface area contributed by atoms with E-state index in [0.717, 1.165) is 23.1 Å². The molecule has 0 aliphatic heterocycles. The first kappa shape index (κ1) is 19.4. The number of fused-ring (bicyclic) bond motifs is 1. The SMILES string of the molecule is Cc1cc(C)n2nc(SCC(=O)Nc3ncc(C(F)(F)F)cc3Cl)nc2n1. The number of hydrogen-bond acceptors (Lipinski definition) is 6. The Balaban J connectivity index is 1.66. The van der Waals surface area contributed by atoms with Crippen LogP contribution < -0.4 is 5.32 Å². The molecular formula is C15H12ClF3N6OS. The van der Waals surface area contributed by atoms with E-state index in [9.17, 15) is 18.0 Å². The lowest BCUT2D eigenvalue weighted by molar-refractivity contribution is -0.137. The Bertz CT molecular complexity index is 1020. The largest absolute Gasteiger partial charge is 0.417 e. The molecule has 0 atom stereocenters. The van der Waals surface area contributed by atoms with Crippen molar-refractivity contribution in [3.05, 3.63) is 40.3 Å². The summed E-state index contributed by atoms with van der Waals surface area (Å²) in [6.07, 6.45) is -3.95. The maximum Gasteiger partial charge on any atom is 0.417 e. The molecule has 27 heavy (non-hydrogen) atoms. The van der Waals surface area contributed by atoms with Crippen molar-refractivity contribution in [3.8, 4) is 0 Å². The minimum atomic E-state index is -4.56. The smallest absolute Gasteiger partial charge is 0.309 e. The quantitative estimate of drug-likeness (QED) is 0.655. The number of amides is 1. The molecule has 0 radical (unpaired) electrons. The van der Waals surface area contributed by atoms with Crippen LogP contribution in [-0.2, 0) is 11.0 Å². The van der Waals surface area contributed by atoms with Gasteiger partial charge in [-0.2, -0.15) is 18.2 Å². The van der Waals surface area contributed by atoms with Gasteiger partial charge >= 0.3 is 6.18 Å². The van der Waals surface area contributed by atoms with E-state index in [4.69, 9.17) is 11.6 Å². The fourth-order valence-electron chi connectivity index (χ4n) is 2.19. The van der Waals surface area contributed by atoms with Crippen molar-refractivity contribution in [3.63, 3.8) is 0 Å². The monoisotopic (exact) mass is 416 g/mol. The van der Waals surface area contributed by atoms with Gasteiger partial charge in [0.2, 0.25) is 11.1 Å². The third-order valence-electron chi connectivity index (χ3n) is 3.36. The number of thioether (sulfide) groups is 1. The van der Waals surface area contributed by atoms with Crippen LogP contribution in [-0.4, -0.2) is 36.2 Å². The molecule has 7 nitrogen and oxygen atoms in total. The molecule has 3 heterocycles. The fourth-order valence-corrected chi connectivity index (χ4v) is 3.02. The van der Waals surface area contributed by atoms with Gasteiger partial charge in [0, 0.05) is 17.6 Å².